The molecule has 3 rings (SSSR count). The van der Waals surface area contributed by atoms with Gasteiger partial charge in [-0.3, -0.25) is 4.79 Å². The summed E-state index contributed by atoms with van der Waals surface area (Å²) in [5.74, 6) is 0.972. The molecule has 0 bridgehead atoms. The van der Waals surface area contributed by atoms with Gasteiger partial charge in [-0.2, -0.15) is 0 Å². The highest BCUT2D eigenvalue weighted by atomic mass is 16.1. The van der Waals surface area contributed by atoms with Crippen LogP contribution in [0.1, 0.15) is 42.2 Å². The van der Waals surface area contributed by atoms with Gasteiger partial charge < -0.3 is 4.90 Å². The monoisotopic (exact) mass is 234 g/mol. The van der Waals surface area contributed by atoms with Crippen LogP contribution in [0.3, 0.4) is 0 Å². The Hall–Kier alpha value is -1.23. The lowest BCUT2D eigenvalue weighted by atomic mass is 10.1. The Bertz CT molecular complexity index is 391. The Labute approximate surface area is 101 Å². The number of hydrogen-bond donors (Lipinski definition) is 0. The SMILES string of the molecule is O=Cc1cn(C2CCN(CC3CC3)CC2)nn1. The Morgan fingerprint density at radius 1 is 1.29 bits per heavy atom. The van der Waals surface area contributed by atoms with Crippen LogP contribution in [0.2, 0.25) is 0 Å². The largest absolute Gasteiger partial charge is 0.303 e. The fourth-order valence-electron chi connectivity index (χ4n) is 2.55. The molecule has 92 valence electrons. The average Bonchev–Trinajstić information content (AvgIpc) is 3.05. The van der Waals surface area contributed by atoms with Crippen molar-refractivity contribution in [1.82, 2.24) is 19.9 Å². The van der Waals surface area contributed by atoms with Gasteiger partial charge in [0.05, 0.1) is 12.2 Å². The van der Waals surface area contributed by atoms with Crippen molar-refractivity contribution in [2.75, 3.05) is 19.6 Å². The lowest BCUT2D eigenvalue weighted by Crippen LogP contribution is -2.36. The summed E-state index contributed by atoms with van der Waals surface area (Å²) >= 11 is 0. The van der Waals surface area contributed by atoms with Crippen LogP contribution in [0.4, 0.5) is 0 Å². The van der Waals surface area contributed by atoms with Gasteiger partial charge in [-0.15, -0.1) is 5.10 Å². The summed E-state index contributed by atoms with van der Waals surface area (Å²) in [5, 5.41) is 7.84. The van der Waals surface area contributed by atoms with Crippen molar-refractivity contribution in [2.45, 2.75) is 31.7 Å². The minimum atomic E-state index is 0.423. The number of hydrogen-bond acceptors (Lipinski definition) is 4. The third kappa shape index (κ3) is 2.54. The highest BCUT2D eigenvalue weighted by molar-refractivity contribution is 5.70. The first kappa shape index (κ1) is 10.9. The van der Waals surface area contributed by atoms with E-state index in [1.807, 2.05) is 4.68 Å². The van der Waals surface area contributed by atoms with Crippen molar-refractivity contribution in [2.24, 2.45) is 5.92 Å². The number of nitrogens with zero attached hydrogens (tertiary/aromatic N) is 4. The second-order valence-corrected chi connectivity index (χ2v) is 5.22. The highest BCUT2D eigenvalue weighted by Crippen LogP contribution is 2.31. The lowest BCUT2D eigenvalue weighted by molar-refractivity contribution is 0.111. The van der Waals surface area contributed by atoms with E-state index in [4.69, 9.17) is 0 Å². The van der Waals surface area contributed by atoms with Gasteiger partial charge in [0.2, 0.25) is 0 Å². The Balaban J connectivity index is 1.54. The van der Waals surface area contributed by atoms with Gasteiger partial charge in [0.25, 0.3) is 0 Å². The van der Waals surface area contributed by atoms with Crippen molar-refractivity contribution in [3.05, 3.63) is 11.9 Å². The smallest absolute Gasteiger partial charge is 0.171 e. The summed E-state index contributed by atoms with van der Waals surface area (Å²) in [6.45, 7) is 3.58. The minimum absolute atomic E-state index is 0.423. The molecular weight excluding hydrogens is 216 g/mol. The third-order valence-electron chi connectivity index (χ3n) is 3.79. The quantitative estimate of drug-likeness (QED) is 0.733. The molecular formula is C12H18N4O. The summed E-state index contributed by atoms with van der Waals surface area (Å²) in [6, 6.07) is 0.423. The van der Waals surface area contributed by atoms with Crippen LogP contribution in [0.5, 0.6) is 0 Å². The first-order chi connectivity index (χ1) is 8.35. The van der Waals surface area contributed by atoms with Gasteiger partial charge in [0, 0.05) is 19.6 Å². The highest BCUT2D eigenvalue weighted by Gasteiger charge is 2.27. The zero-order chi connectivity index (χ0) is 11.7. The van der Waals surface area contributed by atoms with Crippen LogP contribution >= 0.6 is 0 Å². The van der Waals surface area contributed by atoms with E-state index < -0.39 is 0 Å². The summed E-state index contributed by atoms with van der Waals surface area (Å²) < 4.78 is 1.86. The molecule has 1 aromatic heterocycles. The van der Waals surface area contributed by atoms with Gasteiger partial charge >= 0.3 is 0 Å². The van der Waals surface area contributed by atoms with Crippen LogP contribution in [0.25, 0.3) is 0 Å². The number of piperidine rings is 1. The van der Waals surface area contributed by atoms with Gasteiger partial charge in [0.15, 0.2) is 6.29 Å². The standard InChI is InChI=1S/C12H18N4O/c17-9-11-8-16(14-13-11)12-3-5-15(6-4-12)7-10-1-2-10/h8-10,12H,1-7H2. The Kier molecular flexibility index (Phi) is 2.93. The fraction of sp³-hybridized carbons (Fsp3) is 0.750. The second-order valence-electron chi connectivity index (χ2n) is 5.22. The van der Waals surface area contributed by atoms with Crippen LogP contribution in [-0.2, 0) is 0 Å². The number of rotatable bonds is 4. The molecule has 0 N–H and O–H groups in total. The molecule has 0 spiro atoms. The first-order valence-corrected chi connectivity index (χ1v) is 6.44. The predicted octanol–water partition coefficient (Wildman–Crippen LogP) is 1.14. The maximum Gasteiger partial charge on any atom is 0.171 e. The summed E-state index contributed by atoms with van der Waals surface area (Å²) in [4.78, 5) is 13.1. The number of carbonyl (C=O) groups excluding carboxylic acids is 1. The zero-order valence-corrected chi connectivity index (χ0v) is 9.96. The molecule has 5 heteroatoms. The fourth-order valence-corrected chi connectivity index (χ4v) is 2.55. The van der Waals surface area contributed by atoms with Gasteiger partial charge in [0.1, 0.15) is 5.69 Å². The van der Waals surface area contributed by atoms with Gasteiger partial charge in [-0.05, 0) is 31.6 Å². The Morgan fingerprint density at radius 3 is 2.65 bits per heavy atom. The molecule has 2 aliphatic rings. The Morgan fingerprint density at radius 2 is 2.06 bits per heavy atom. The van der Waals surface area contributed by atoms with E-state index in [1.54, 1.807) is 6.20 Å². The molecule has 0 aromatic carbocycles. The minimum Gasteiger partial charge on any atom is -0.303 e. The van der Waals surface area contributed by atoms with E-state index in [-0.39, 0.29) is 0 Å². The third-order valence-corrected chi connectivity index (χ3v) is 3.79. The molecule has 1 saturated heterocycles. The van der Waals surface area contributed by atoms with E-state index in [0.717, 1.165) is 38.1 Å². The molecule has 17 heavy (non-hydrogen) atoms. The molecule has 0 unspecified atom stereocenters. The maximum atomic E-state index is 10.6. The molecule has 1 aliphatic carbocycles. The van der Waals surface area contributed by atoms with E-state index in [9.17, 15) is 4.79 Å². The molecule has 5 nitrogen and oxygen atoms in total. The number of aromatic nitrogens is 3. The first-order valence-electron chi connectivity index (χ1n) is 6.44. The second kappa shape index (κ2) is 4.56. The maximum absolute atomic E-state index is 10.6. The van der Waals surface area contributed by atoms with Crippen LogP contribution in [-0.4, -0.2) is 45.8 Å². The lowest BCUT2D eigenvalue weighted by Gasteiger charge is -2.31. The van der Waals surface area contributed by atoms with Gasteiger partial charge in [-0.25, -0.2) is 4.68 Å². The molecule has 0 radical (unpaired) electrons. The summed E-state index contributed by atoms with van der Waals surface area (Å²) in [6.07, 6.45) is 7.60. The van der Waals surface area contributed by atoms with Crippen LogP contribution in [0.15, 0.2) is 6.20 Å². The molecule has 1 aromatic rings. The number of aldehydes is 1. The molecule has 1 saturated carbocycles. The molecule has 1 aliphatic heterocycles. The summed E-state index contributed by atoms with van der Waals surface area (Å²) in [7, 11) is 0. The zero-order valence-electron chi connectivity index (χ0n) is 9.96. The molecule has 0 atom stereocenters. The number of carbonyl (C=O) groups is 1. The average molecular weight is 234 g/mol. The van der Waals surface area contributed by atoms with Crippen molar-refractivity contribution >= 4 is 6.29 Å². The van der Waals surface area contributed by atoms with Gasteiger partial charge in [-0.1, -0.05) is 5.21 Å². The van der Waals surface area contributed by atoms with Crippen molar-refractivity contribution in [1.29, 1.82) is 0 Å². The van der Waals surface area contributed by atoms with E-state index in [0.29, 0.717) is 11.7 Å². The van der Waals surface area contributed by atoms with E-state index >= 15 is 0 Å². The molecule has 2 fully saturated rings. The van der Waals surface area contributed by atoms with Crippen molar-refractivity contribution in [3.63, 3.8) is 0 Å². The number of likely N-dealkylation sites (tertiary alicyclic amines) is 1. The molecule has 0 amide bonds. The van der Waals surface area contributed by atoms with Crippen molar-refractivity contribution in [3.8, 4) is 0 Å². The predicted molar refractivity (Wildman–Crippen MR) is 62.8 cm³/mol. The topological polar surface area (TPSA) is 51.0 Å². The van der Waals surface area contributed by atoms with Crippen molar-refractivity contribution < 1.29 is 4.79 Å². The normalized spacial score (nSPS) is 22.8. The van der Waals surface area contributed by atoms with Crippen LogP contribution in [0, 0.1) is 5.92 Å². The molecule has 2 heterocycles. The van der Waals surface area contributed by atoms with E-state index in [1.165, 1.54) is 19.4 Å². The van der Waals surface area contributed by atoms with Crippen LogP contribution < -0.4 is 0 Å². The summed E-state index contributed by atoms with van der Waals surface area (Å²) in [5.41, 5.74) is 0.436. The van der Waals surface area contributed by atoms with E-state index in [2.05, 4.69) is 15.2 Å².